The molecule has 1 nitrogen and oxygen atoms in total. The number of halogens is 1. The summed E-state index contributed by atoms with van der Waals surface area (Å²) < 4.78 is 1.20. The van der Waals surface area contributed by atoms with Crippen LogP contribution in [0.5, 0.6) is 0 Å². The van der Waals surface area contributed by atoms with E-state index < -0.39 is 0 Å². The van der Waals surface area contributed by atoms with Crippen LogP contribution in [0, 0.1) is 6.92 Å². The Balaban J connectivity index is 2.16. The second-order valence-electron chi connectivity index (χ2n) is 4.06. The van der Waals surface area contributed by atoms with Crippen LogP contribution < -0.4 is 4.90 Å². The van der Waals surface area contributed by atoms with E-state index in [9.17, 15) is 0 Å². The van der Waals surface area contributed by atoms with Crippen molar-refractivity contribution in [2.75, 3.05) is 11.4 Å². The van der Waals surface area contributed by atoms with Crippen LogP contribution in [-0.4, -0.2) is 6.54 Å². The molecule has 1 heterocycles. The molecule has 0 aliphatic carbocycles. The van der Waals surface area contributed by atoms with Crippen LogP contribution in [0.25, 0.3) is 0 Å². The molecular formula is C14H16BrNS. The van der Waals surface area contributed by atoms with Crippen LogP contribution >= 0.6 is 27.3 Å². The first-order valence-electron chi connectivity index (χ1n) is 5.75. The van der Waals surface area contributed by atoms with Crippen LogP contribution in [0.1, 0.15) is 17.4 Å². The highest BCUT2D eigenvalue weighted by Gasteiger charge is 2.06. The molecule has 1 aromatic carbocycles. The lowest BCUT2D eigenvalue weighted by atomic mass is 10.2. The topological polar surface area (TPSA) is 3.24 Å². The zero-order valence-electron chi connectivity index (χ0n) is 10.1. The summed E-state index contributed by atoms with van der Waals surface area (Å²) >= 11 is 5.32. The summed E-state index contributed by atoms with van der Waals surface area (Å²) in [5.74, 6) is 0. The third-order valence-electron chi connectivity index (χ3n) is 2.72. The van der Waals surface area contributed by atoms with Crippen molar-refractivity contribution in [1.29, 1.82) is 0 Å². The molecule has 90 valence electrons. The van der Waals surface area contributed by atoms with Gasteiger partial charge in [-0.2, -0.15) is 0 Å². The number of hydrogen-bond donors (Lipinski definition) is 0. The number of thiophene rings is 1. The van der Waals surface area contributed by atoms with Gasteiger partial charge in [-0.15, -0.1) is 11.3 Å². The molecule has 0 fully saturated rings. The van der Waals surface area contributed by atoms with E-state index in [1.165, 1.54) is 19.9 Å². The van der Waals surface area contributed by atoms with E-state index in [0.29, 0.717) is 0 Å². The molecule has 0 spiro atoms. The summed E-state index contributed by atoms with van der Waals surface area (Å²) in [6.07, 6.45) is 0. The molecule has 0 aliphatic rings. The van der Waals surface area contributed by atoms with Crippen molar-refractivity contribution in [3.8, 4) is 0 Å². The molecule has 0 saturated heterocycles. The molecule has 0 amide bonds. The Hall–Kier alpha value is -0.800. The van der Waals surface area contributed by atoms with Gasteiger partial charge in [-0.3, -0.25) is 0 Å². The fourth-order valence-corrected chi connectivity index (χ4v) is 3.33. The second-order valence-corrected chi connectivity index (χ2v) is 6.61. The lowest BCUT2D eigenvalue weighted by Crippen LogP contribution is -2.21. The Kier molecular flexibility index (Phi) is 4.24. The molecule has 0 N–H and O–H groups in total. The lowest BCUT2D eigenvalue weighted by molar-refractivity contribution is 0.842. The van der Waals surface area contributed by atoms with Crippen LogP contribution in [0.2, 0.25) is 0 Å². The summed E-state index contributed by atoms with van der Waals surface area (Å²) in [6.45, 7) is 6.35. The van der Waals surface area contributed by atoms with Gasteiger partial charge in [0.1, 0.15) is 0 Å². The van der Waals surface area contributed by atoms with Crippen LogP contribution in [0.4, 0.5) is 5.69 Å². The number of hydrogen-bond acceptors (Lipinski definition) is 2. The second kappa shape index (κ2) is 5.69. The molecule has 0 aliphatic heterocycles. The van der Waals surface area contributed by atoms with Gasteiger partial charge < -0.3 is 4.90 Å². The molecule has 0 atom stereocenters. The van der Waals surface area contributed by atoms with Gasteiger partial charge >= 0.3 is 0 Å². The van der Waals surface area contributed by atoms with Gasteiger partial charge in [-0.05, 0) is 59.6 Å². The molecule has 0 saturated carbocycles. The Morgan fingerprint density at radius 1 is 1.24 bits per heavy atom. The first-order valence-corrected chi connectivity index (χ1v) is 7.36. The van der Waals surface area contributed by atoms with Crippen molar-refractivity contribution in [2.24, 2.45) is 0 Å². The molecule has 0 unspecified atom stereocenters. The van der Waals surface area contributed by atoms with E-state index in [4.69, 9.17) is 0 Å². The highest BCUT2D eigenvalue weighted by molar-refractivity contribution is 9.11. The molecule has 2 aromatic rings. The van der Waals surface area contributed by atoms with Crippen molar-refractivity contribution in [2.45, 2.75) is 20.4 Å². The Labute approximate surface area is 115 Å². The Morgan fingerprint density at radius 2 is 2.06 bits per heavy atom. The van der Waals surface area contributed by atoms with Gasteiger partial charge in [0.05, 0.1) is 10.3 Å². The van der Waals surface area contributed by atoms with Gasteiger partial charge in [0.25, 0.3) is 0 Å². The van der Waals surface area contributed by atoms with Gasteiger partial charge in [-0.25, -0.2) is 0 Å². The minimum Gasteiger partial charge on any atom is -0.367 e. The highest BCUT2D eigenvalue weighted by Crippen LogP contribution is 2.25. The van der Waals surface area contributed by atoms with Crippen molar-refractivity contribution in [1.82, 2.24) is 0 Å². The normalized spacial score (nSPS) is 10.5. The number of benzene rings is 1. The minimum absolute atomic E-state index is 0.982. The van der Waals surface area contributed by atoms with Crippen LogP contribution in [0.3, 0.4) is 0 Å². The van der Waals surface area contributed by atoms with E-state index in [1.54, 1.807) is 11.3 Å². The summed E-state index contributed by atoms with van der Waals surface area (Å²) in [7, 11) is 0. The molecule has 0 bridgehead atoms. The summed E-state index contributed by atoms with van der Waals surface area (Å²) in [6, 6.07) is 13.0. The fraction of sp³-hybridized carbons (Fsp3) is 0.286. The zero-order valence-corrected chi connectivity index (χ0v) is 12.5. The number of rotatable bonds is 4. The lowest BCUT2D eigenvalue weighted by Gasteiger charge is -2.22. The van der Waals surface area contributed by atoms with Crippen molar-refractivity contribution in [3.63, 3.8) is 0 Å². The van der Waals surface area contributed by atoms with Crippen molar-refractivity contribution in [3.05, 3.63) is 50.6 Å². The number of aryl methyl sites for hydroxylation is 1. The molecular weight excluding hydrogens is 294 g/mol. The van der Waals surface area contributed by atoms with Gasteiger partial charge in [-0.1, -0.05) is 12.1 Å². The van der Waals surface area contributed by atoms with Crippen molar-refractivity contribution >= 4 is 33.0 Å². The maximum atomic E-state index is 3.51. The highest BCUT2D eigenvalue weighted by atomic mass is 79.9. The third-order valence-corrected chi connectivity index (χ3v) is 4.33. The van der Waals surface area contributed by atoms with Gasteiger partial charge in [0.15, 0.2) is 0 Å². The summed E-state index contributed by atoms with van der Waals surface area (Å²) in [5.41, 5.74) is 2.62. The monoisotopic (exact) mass is 309 g/mol. The van der Waals surface area contributed by atoms with Crippen LogP contribution in [0.15, 0.2) is 40.2 Å². The molecule has 3 heteroatoms. The first kappa shape index (κ1) is 12.7. The zero-order chi connectivity index (χ0) is 12.3. The van der Waals surface area contributed by atoms with Crippen molar-refractivity contribution < 1.29 is 0 Å². The third kappa shape index (κ3) is 3.33. The maximum Gasteiger partial charge on any atom is 0.0702 e. The first-order chi connectivity index (χ1) is 8.19. The van der Waals surface area contributed by atoms with Gasteiger partial charge in [0.2, 0.25) is 0 Å². The smallest absolute Gasteiger partial charge is 0.0702 e. The van der Waals surface area contributed by atoms with E-state index in [-0.39, 0.29) is 0 Å². The summed E-state index contributed by atoms with van der Waals surface area (Å²) in [4.78, 5) is 3.78. The SMILES string of the molecule is CCN(Cc1ccc(Br)s1)c1cccc(C)c1. The minimum atomic E-state index is 0.982. The predicted molar refractivity (Wildman–Crippen MR) is 79.9 cm³/mol. The molecule has 2 rings (SSSR count). The van der Waals surface area contributed by atoms with E-state index in [2.05, 4.69) is 71.1 Å². The van der Waals surface area contributed by atoms with E-state index in [1.807, 2.05) is 0 Å². The number of anilines is 1. The number of nitrogens with zero attached hydrogens (tertiary/aromatic N) is 1. The standard InChI is InChI=1S/C14H16BrNS/c1-3-16(10-13-7-8-14(15)17-13)12-6-4-5-11(2)9-12/h4-9H,3,10H2,1-2H3. The van der Waals surface area contributed by atoms with E-state index >= 15 is 0 Å². The predicted octanol–water partition coefficient (Wildman–Crippen LogP) is 4.85. The van der Waals surface area contributed by atoms with Gasteiger partial charge in [0, 0.05) is 17.1 Å². The largest absolute Gasteiger partial charge is 0.367 e. The average molecular weight is 310 g/mol. The maximum absolute atomic E-state index is 3.51. The molecule has 1 aromatic heterocycles. The fourth-order valence-electron chi connectivity index (χ4n) is 1.84. The van der Waals surface area contributed by atoms with E-state index in [0.717, 1.165) is 13.1 Å². The Bertz CT molecular complexity index is 492. The van der Waals surface area contributed by atoms with Crippen LogP contribution in [-0.2, 0) is 6.54 Å². The summed E-state index contributed by atoms with van der Waals surface area (Å²) in [5, 5.41) is 0. The Morgan fingerprint density at radius 3 is 2.65 bits per heavy atom. The average Bonchev–Trinajstić information content (AvgIpc) is 2.72. The quantitative estimate of drug-likeness (QED) is 0.780. The molecule has 17 heavy (non-hydrogen) atoms. The molecule has 0 radical (unpaired) electrons.